The number of carbonyl (C=O) groups is 1. The minimum atomic E-state index is -0.171. The molecule has 1 amide bonds. The first kappa shape index (κ1) is 21.4. The van der Waals surface area contributed by atoms with Crippen LogP contribution in [0.1, 0.15) is 16.9 Å². The summed E-state index contributed by atoms with van der Waals surface area (Å²) >= 11 is 1.25. The van der Waals surface area contributed by atoms with Crippen molar-refractivity contribution in [1.29, 1.82) is 0 Å². The number of benzene rings is 1. The van der Waals surface area contributed by atoms with E-state index in [1.54, 1.807) is 63.4 Å². The van der Waals surface area contributed by atoms with E-state index >= 15 is 0 Å². The predicted octanol–water partition coefficient (Wildman–Crippen LogP) is 4.20. The minimum absolute atomic E-state index is 0.171. The van der Waals surface area contributed by atoms with Crippen molar-refractivity contribution >= 4 is 35.1 Å². The van der Waals surface area contributed by atoms with Crippen LogP contribution in [-0.4, -0.2) is 41.4 Å². The van der Waals surface area contributed by atoms with Crippen LogP contribution in [0.2, 0.25) is 0 Å². The molecule has 3 heterocycles. The maximum absolute atomic E-state index is 13.0. The summed E-state index contributed by atoms with van der Waals surface area (Å²) in [6, 6.07) is 12.7. The van der Waals surface area contributed by atoms with Gasteiger partial charge in [0, 0.05) is 12.4 Å². The quantitative estimate of drug-likeness (QED) is 0.306. The van der Waals surface area contributed by atoms with Gasteiger partial charge in [0.2, 0.25) is 0 Å². The summed E-state index contributed by atoms with van der Waals surface area (Å²) in [6.07, 6.45) is 8.33. The minimum Gasteiger partial charge on any atom is -0.493 e. The first-order valence-corrected chi connectivity index (χ1v) is 10.5. The number of amides is 1. The third-order valence-corrected chi connectivity index (χ3v) is 5.52. The number of rotatable bonds is 7. The molecule has 1 fully saturated rings. The van der Waals surface area contributed by atoms with Gasteiger partial charge in [-0.2, -0.15) is 5.10 Å². The average Bonchev–Trinajstić information content (AvgIpc) is 3.44. The van der Waals surface area contributed by atoms with Gasteiger partial charge < -0.3 is 13.9 Å². The molecule has 4 rings (SSSR count). The van der Waals surface area contributed by atoms with Crippen LogP contribution in [0, 0.1) is 0 Å². The number of carbonyl (C=O) groups excluding carboxylic acids is 1. The zero-order valence-electron chi connectivity index (χ0n) is 17.5. The van der Waals surface area contributed by atoms with Crippen molar-refractivity contribution < 1.29 is 18.7 Å². The highest BCUT2D eigenvalue weighted by Gasteiger charge is 2.34. The molecule has 1 saturated heterocycles. The molecule has 3 aromatic rings. The fraction of sp³-hybridized carbons (Fsp3) is 0.130. The second kappa shape index (κ2) is 9.97. The molecule has 9 heteroatoms. The number of nitrogens with zero attached hydrogens (tertiary/aromatic N) is 4. The van der Waals surface area contributed by atoms with Gasteiger partial charge >= 0.3 is 0 Å². The van der Waals surface area contributed by atoms with E-state index in [-0.39, 0.29) is 12.5 Å². The predicted molar refractivity (Wildman–Crippen MR) is 124 cm³/mol. The molecule has 1 aromatic carbocycles. The molecule has 0 saturated carbocycles. The monoisotopic (exact) mass is 448 g/mol. The Kier molecular flexibility index (Phi) is 6.66. The number of pyridine rings is 1. The van der Waals surface area contributed by atoms with Crippen molar-refractivity contribution in [3.05, 3.63) is 82.9 Å². The lowest BCUT2D eigenvalue weighted by molar-refractivity contribution is -0.122. The normalized spacial score (nSPS) is 16.4. The van der Waals surface area contributed by atoms with Gasteiger partial charge in [-0.25, -0.2) is 0 Å². The number of furan rings is 1. The Bertz CT molecular complexity index is 1170. The summed E-state index contributed by atoms with van der Waals surface area (Å²) in [5.41, 5.74) is 1.61. The van der Waals surface area contributed by atoms with Crippen LogP contribution in [0.5, 0.6) is 11.5 Å². The van der Waals surface area contributed by atoms with E-state index in [2.05, 4.69) is 15.2 Å². The molecule has 32 heavy (non-hydrogen) atoms. The van der Waals surface area contributed by atoms with Gasteiger partial charge in [0.15, 0.2) is 16.7 Å². The smallest absolute Gasteiger partial charge is 0.267 e. The number of ether oxygens (including phenoxy) is 2. The SMILES string of the molecule is COc1ccc(/C=N\N=C2\S/C(=C\c3cccnc3)C(=O)N2Cc2ccco2)cc1OC. The highest BCUT2D eigenvalue weighted by atomic mass is 32.2. The molecule has 0 bridgehead atoms. The van der Waals surface area contributed by atoms with Gasteiger partial charge in [-0.1, -0.05) is 6.07 Å². The van der Waals surface area contributed by atoms with Crippen LogP contribution >= 0.6 is 11.8 Å². The number of thioether (sulfide) groups is 1. The van der Waals surface area contributed by atoms with Crippen LogP contribution in [-0.2, 0) is 11.3 Å². The maximum atomic E-state index is 13.0. The molecule has 0 unspecified atom stereocenters. The van der Waals surface area contributed by atoms with Gasteiger partial charge in [0.25, 0.3) is 5.91 Å². The third kappa shape index (κ3) is 4.89. The van der Waals surface area contributed by atoms with E-state index < -0.39 is 0 Å². The Morgan fingerprint density at radius 3 is 2.72 bits per heavy atom. The number of aromatic nitrogens is 1. The topological polar surface area (TPSA) is 89.5 Å². The van der Waals surface area contributed by atoms with Crippen LogP contribution < -0.4 is 9.47 Å². The van der Waals surface area contributed by atoms with Crippen molar-refractivity contribution in [2.24, 2.45) is 10.2 Å². The second-order valence-electron chi connectivity index (χ2n) is 6.61. The fourth-order valence-electron chi connectivity index (χ4n) is 2.97. The Morgan fingerprint density at radius 1 is 1.12 bits per heavy atom. The van der Waals surface area contributed by atoms with Crippen molar-refractivity contribution in [1.82, 2.24) is 9.88 Å². The maximum Gasteiger partial charge on any atom is 0.267 e. The van der Waals surface area contributed by atoms with E-state index in [4.69, 9.17) is 13.9 Å². The lowest BCUT2D eigenvalue weighted by Gasteiger charge is -2.12. The molecule has 1 aliphatic rings. The number of hydrogen-bond donors (Lipinski definition) is 0. The zero-order chi connectivity index (χ0) is 22.3. The molecule has 0 spiro atoms. The summed E-state index contributed by atoms with van der Waals surface area (Å²) < 4.78 is 16.0. The largest absolute Gasteiger partial charge is 0.493 e. The first-order valence-electron chi connectivity index (χ1n) is 9.65. The van der Waals surface area contributed by atoms with Gasteiger partial charge in [-0.05, 0) is 65.4 Å². The average molecular weight is 449 g/mol. The highest BCUT2D eigenvalue weighted by Crippen LogP contribution is 2.34. The molecule has 1 aliphatic heterocycles. The summed E-state index contributed by atoms with van der Waals surface area (Å²) in [7, 11) is 3.15. The molecule has 0 aliphatic carbocycles. The molecule has 2 aromatic heterocycles. The lowest BCUT2D eigenvalue weighted by Crippen LogP contribution is -2.28. The third-order valence-electron chi connectivity index (χ3n) is 4.52. The van der Waals surface area contributed by atoms with Crippen LogP contribution in [0.3, 0.4) is 0 Å². The standard InChI is InChI=1S/C23H20N4O4S/c1-29-19-8-7-17(11-20(19)30-2)14-25-26-23-27(15-18-6-4-10-31-18)22(28)21(32-23)12-16-5-3-9-24-13-16/h3-14H,15H2,1-2H3/b21-12-,25-14-,26-23+. The summed E-state index contributed by atoms with van der Waals surface area (Å²) in [5, 5.41) is 8.95. The number of hydrogen-bond acceptors (Lipinski definition) is 8. The van der Waals surface area contributed by atoms with E-state index in [9.17, 15) is 4.79 Å². The second-order valence-corrected chi connectivity index (χ2v) is 7.62. The Labute approximate surface area is 189 Å². The van der Waals surface area contributed by atoms with Gasteiger partial charge in [0.05, 0.1) is 38.1 Å². The molecular weight excluding hydrogens is 428 g/mol. The first-order chi connectivity index (χ1) is 15.7. The van der Waals surface area contributed by atoms with Gasteiger partial charge in [0.1, 0.15) is 5.76 Å². The molecule has 0 N–H and O–H groups in total. The fourth-order valence-corrected chi connectivity index (χ4v) is 3.91. The van der Waals surface area contributed by atoms with Crippen molar-refractivity contribution in [3.8, 4) is 11.5 Å². The summed E-state index contributed by atoms with van der Waals surface area (Å²) in [4.78, 5) is 19.2. The van der Waals surface area contributed by atoms with E-state index in [1.807, 2.05) is 24.3 Å². The number of amidine groups is 1. The Morgan fingerprint density at radius 2 is 2.00 bits per heavy atom. The summed E-state index contributed by atoms with van der Waals surface area (Å²) in [6.45, 7) is 0.258. The van der Waals surface area contributed by atoms with Gasteiger partial charge in [-0.3, -0.25) is 14.7 Å². The van der Waals surface area contributed by atoms with Crippen molar-refractivity contribution in [3.63, 3.8) is 0 Å². The molecule has 0 radical (unpaired) electrons. The molecule has 0 atom stereocenters. The van der Waals surface area contributed by atoms with Crippen LogP contribution in [0.4, 0.5) is 0 Å². The van der Waals surface area contributed by atoms with Crippen LogP contribution in [0.15, 0.2) is 80.6 Å². The van der Waals surface area contributed by atoms with Gasteiger partial charge in [-0.15, -0.1) is 5.10 Å². The molecule has 162 valence electrons. The summed E-state index contributed by atoms with van der Waals surface area (Å²) in [5.74, 6) is 1.70. The lowest BCUT2D eigenvalue weighted by atomic mass is 10.2. The highest BCUT2D eigenvalue weighted by molar-refractivity contribution is 8.18. The van der Waals surface area contributed by atoms with Crippen molar-refractivity contribution in [2.45, 2.75) is 6.54 Å². The molecule has 8 nitrogen and oxygen atoms in total. The Balaban J connectivity index is 1.60. The molecular formula is C23H20N4O4S. The number of methoxy groups -OCH3 is 2. The zero-order valence-corrected chi connectivity index (χ0v) is 18.3. The van der Waals surface area contributed by atoms with E-state index in [0.717, 1.165) is 11.1 Å². The Hall–Kier alpha value is -3.85. The van der Waals surface area contributed by atoms with E-state index in [0.29, 0.717) is 27.3 Å². The van der Waals surface area contributed by atoms with Crippen LogP contribution in [0.25, 0.3) is 6.08 Å². The van der Waals surface area contributed by atoms with E-state index in [1.165, 1.54) is 16.7 Å². The van der Waals surface area contributed by atoms with Crippen molar-refractivity contribution in [2.75, 3.05) is 14.2 Å².